The second-order valence-electron chi connectivity index (χ2n) is 5.52. The van der Waals surface area contributed by atoms with Gasteiger partial charge in [-0.2, -0.15) is 0 Å². The number of thioether (sulfide) groups is 2. The van der Waals surface area contributed by atoms with Crippen LogP contribution in [0, 0.1) is 17.8 Å². The summed E-state index contributed by atoms with van der Waals surface area (Å²) in [4.78, 5) is 22.0. The molecule has 0 spiro atoms. The smallest absolute Gasteiger partial charge is 0.185 e. The Kier molecular flexibility index (Phi) is 8.15. The first-order chi connectivity index (χ1) is 9.02. The molecule has 0 aromatic rings. The molecule has 0 bridgehead atoms. The Morgan fingerprint density at radius 1 is 0.947 bits per heavy atom. The standard InChI is InChI=1S/C15H26O2S2/c1-4-13-9-14(5-7-18-11(2)16)15(10-13)6-8-19-12(3)17/h13-15H,4-10H2,1-3H3/t13?,14-,15?/m1/s1. The lowest BCUT2D eigenvalue weighted by Crippen LogP contribution is -2.10. The van der Waals surface area contributed by atoms with Crippen molar-refractivity contribution in [3.8, 4) is 0 Å². The summed E-state index contributed by atoms with van der Waals surface area (Å²) in [6.45, 7) is 5.57. The van der Waals surface area contributed by atoms with Crippen LogP contribution in [0.15, 0.2) is 0 Å². The van der Waals surface area contributed by atoms with Gasteiger partial charge >= 0.3 is 0 Å². The van der Waals surface area contributed by atoms with Crippen molar-refractivity contribution in [2.75, 3.05) is 11.5 Å². The second-order valence-corrected chi connectivity index (χ2v) is 8.07. The van der Waals surface area contributed by atoms with Crippen molar-refractivity contribution >= 4 is 33.8 Å². The zero-order valence-electron chi connectivity index (χ0n) is 12.3. The summed E-state index contributed by atoms with van der Waals surface area (Å²) < 4.78 is 0. The SMILES string of the molecule is CCC1CC(CCSC(C)=O)[C@H](CCSC(C)=O)C1. The summed E-state index contributed by atoms with van der Waals surface area (Å²) in [6, 6.07) is 0. The van der Waals surface area contributed by atoms with E-state index >= 15 is 0 Å². The first kappa shape index (κ1) is 17.1. The third-order valence-electron chi connectivity index (χ3n) is 4.10. The maximum atomic E-state index is 11.0. The molecule has 1 aliphatic carbocycles. The van der Waals surface area contributed by atoms with Crippen LogP contribution in [0.5, 0.6) is 0 Å². The van der Waals surface area contributed by atoms with Crippen molar-refractivity contribution in [1.82, 2.24) is 0 Å². The molecule has 19 heavy (non-hydrogen) atoms. The first-order valence-electron chi connectivity index (χ1n) is 7.29. The highest BCUT2D eigenvalue weighted by Crippen LogP contribution is 2.42. The summed E-state index contributed by atoms with van der Waals surface area (Å²) in [5.74, 6) is 4.33. The van der Waals surface area contributed by atoms with E-state index < -0.39 is 0 Å². The highest BCUT2D eigenvalue weighted by atomic mass is 32.2. The van der Waals surface area contributed by atoms with Crippen LogP contribution in [0.2, 0.25) is 0 Å². The highest BCUT2D eigenvalue weighted by Gasteiger charge is 2.32. The van der Waals surface area contributed by atoms with Crippen molar-refractivity contribution in [3.05, 3.63) is 0 Å². The second kappa shape index (κ2) is 9.06. The van der Waals surface area contributed by atoms with Gasteiger partial charge in [-0.05, 0) is 43.4 Å². The Labute approximate surface area is 125 Å². The molecule has 2 unspecified atom stereocenters. The van der Waals surface area contributed by atoms with Gasteiger partial charge in [0.2, 0.25) is 0 Å². The molecule has 0 aromatic heterocycles. The van der Waals surface area contributed by atoms with Crippen LogP contribution >= 0.6 is 23.5 Å². The molecular weight excluding hydrogens is 276 g/mol. The Balaban J connectivity index is 2.35. The molecule has 3 atom stereocenters. The summed E-state index contributed by atoms with van der Waals surface area (Å²) in [7, 11) is 0. The summed E-state index contributed by atoms with van der Waals surface area (Å²) in [6.07, 6.45) is 6.24. The quantitative estimate of drug-likeness (QED) is 0.699. The molecular formula is C15H26O2S2. The van der Waals surface area contributed by atoms with Crippen LogP contribution < -0.4 is 0 Å². The predicted molar refractivity (Wildman–Crippen MR) is 85.5 cm³/mol. The molecule has 0 radical (unpaired) electrons. The van der Waals surface area contributed by atoms with E-state index in [0.29, 0.717) is 0 Å². The first-order valence-corrected chi connectivity index (χ1v) is 9.26. The zero-order valence-corrected chi connectivity index (χ0v) is 13.9. The maximum absolute atomic E-state index is 11.0. The highest BCUT2D eigenvalue weighted by molar-refractivity contribution is 8.13. The van der Waals surface area contributed by atoms with Gasteiger partial charge < -0.3 is 0 Å². The monoisotopic (exact) mass is 302 g/mol. The van der Waals surface area contributed by atoms with Crippen molar-refractivity contribution in [1.29, 1.82) is 0 Å². The van der Waals surface area contributed by atoms with Crippen molar-refractivity contribution in [2.45, 2.75) is 52.9 Å². The Morgan fingerprint density at radius 3 is 1.68 bits per heavy atom. The van der Waals surface area contributed by atoms with Gasteiger partial charge in [0.15, 0.2) is 10.2 Å². The molecule has 1 saturated carbocycles. The maximum Gasteiger partial charge on any atom is 0.185 e. The van der Waals surface area contributed by atoms with E-state index in [-0.39, 0.29) is 10.2 Å². The molecule has 1 aliphatic rings. The van der Waals surface area contributed by atoms with Gasteiger partial charge in [0.1, 0.15) is 0 Å². The van der Waals surface area contributed by atoms with E-state index in [2.05, 4.69) is 6.92 Å². The molecule has 0 saturated heterocycles. The number of hydrogen-bond donors (Lipinski definition) is 0. The largest absolute Gasteiger partial charge is 0.288 e. The van der Waals surface area contributed by atoms with Crippen LogP contribution in [-0.4, -0.2) is 21.7 Å². The van der Waals surface area contributed by atoms with E-state index in [4.69, 9.17) is 0 Å². The molecule has 0 N–H and O–H groups in total. The third kappa shape index (κ3) is 6.84. The van der Waals surface area contributed by atoms with Crippen molar-refractivity contribution in [2.24, 2.45) is 17.8 Å². The number of hydrogen-bond acceptors (Lipinski definition) is 4. The summed E-state index contributed by atoms with van der Waals surface area (Å²) in [5, 5.41) is 0.461. The third-order valence-corrected chi connectivity index (χ3v) is 5.80. The van der Waals surface area contributed by atoms with Gasteiger partial charge in [-0.25, -0.2) is 0 Å². The van der Waals surface area contributed by atoms with Gasteiger partial charge in [0, 0.05) is 25.4 Å². The van der Waals surface area contributed by atoms with Crippen LogP contribution in [0.4, 0.5) is 0 Å². The van der Waals surface area contributed by atoms with Crippen molar-refractivity contribution < 1.29 is 9.59 Å². The zero-order chi connectivity index (χ0) is 14.3. The average molecular weight is 303 g/mol. The lowest BCUT2D eigenvalue weighted by molar-refractivity contribution is -0.109. The molecule has 0 heterocycles. The van der Waals surface area contributed by atoms with Crippen LogP contribution in [0.1, 0.15) is 52.9 Å². The van der Waals surface area contributed by atoms with Gasteiger partial charge in [0.05, 0.1) is 0 Å². The summed E-state index contributed by atoms with van der Waals surface area (Å²) >= 11 is 2.92. The predicted octanol–water partition coefficient (Wildman–Crippen LogP) is 4.38. The van der Waals surface area contributed by atoms with Crippen LogP contribution in [-0.2, 0) is 9.59 Å². The number of carbonyl (C=O) groups is 2. The lowest BCUT2D eigenvalue weighted by atomic mass is 9.91. The van der Waals surface area contributed by atoms with E-state index in [1.54, 1.807) is 13.8 Å². The molecule has 4 heteroatoms. The normalized spacial score (nSPS) is 26.6. The summed E-state index contributed by atoms with van der Waals surface area (Å²) in [5.41, 5.74) is 0. The van der Waals surface area contributed by atoms with Gasteiger partial charge in [-0.15, -0.1) is 0 Å². The van der Waals surface area contributed by atoms with E-state index in [1.807, 2.05) is 0 Å². The van der Waals surface area contributed by atoms with Crippen LogP contribution in [0.3, 0.4) is 0 Å². The fourth-order valence-corrected chi connectivity index (χ4v) is 4.50. The minimum atomic E-state index is 0.230. The van der Waals surface area contributed by atoms with E-state index in [9.17, 15) is 9.59 Å². The molecule has 0 aromatic carbocycles. The Morgan fingerprint density at radius 2 is 1.37 bits per heavy atom. The Hall–Kier alpha value is 0.0400. The van der Waals surface area contributed by atoms with Gasteiger partial charge in [0.25, 0.3) is 0 Å². The van der Waals surface area contributed by atoms with Crippen LogP contribution in [0.25, 0.3) is 0 Å². The molecule has 0 aliphatic heterocycles. The van der Waals surface area contributed by atoms with Crippen molar-refractivity contribution in [3.63, 3.8) is 0 Å². The molecule has 110 valence electrons. The number of rotatable bonds is 7. The van der Waals surface area contributed by atoms with Gasteiger partial charge in [-0.1, -0.05) is 36.9 Å². The van der Waals surface area contributed by atoms with Gasteiger partial charge in [-0.3, -0.25) is 9.59 Å². The lowest BCUT2D eigenvalue weighted by Gasteiger charge is -2.18. The van der Waals surface area contributed by atoms with E-state index in [1.165, 1.54) is 42.8 Å². The fraction of sp³-hybridized carbons (Fsp3) is 0.867. The average Bonchev–Trinajstić information content (AvgIpc) is 2.71. The molecule has 1 rings (SSSR count). The minimum absolute atomic E-state index is 0.230. The molecule has 2 nitrogen and oxygen atoms in total. The molecule has 1 fully saturated rings. The van der Waals surface area contributed by atoms with E-state index in [0.717, 1.165) is 42.1 Å². The Bertz CT molecular complexity index is 277. The number of carbonyl (C=O) groups excluding carboxylic acids is 2. The topological polar surface area (TPSA) is 34.1 Å². The molecule has 0 amide bonds. The fourth-order valence-electron chi connectivity index (χ4n) is 3.09. The minimum Gasteiger partial charge on any atom is -0.288 e.